The summed E-state index contributed by atoms with van der Waals surface area (Å²) in [6.07, 6.45) is -2.16. The Kier molecular flexibility index (Phi) is 2.97. The van der Waals surface area contributed by atoms with Crippen LogP contribution in [0, 0.1) is 0 Å². The van der Waals surface area contributed by atoms with Crippen molar-refractivity contribution in [3.8, 4) is 0 Å². The number of carboxylic acids is 1. The number of nitrogens with zero attached hydrogens (tertiary/aromatic N) is 3. The van der Waals surface area contributed by atoms with Gasteiger partial charge < -0.3 is 5.11 Å². The lowest BCUT2D eigenvalue weighted by Gasteiger charge is -2.02. The first kappa shape index (κ1) is 10.1. The van der Waals surface area contributed by atoms with Gasteiger partial charge >= 0.3 is 5.97 Å². The van der Waals surface area contributed by atoms with Crippen LogP contribution in [0.25, 0.3) is 0 Å². The van der Waals surface area contributed by atoms with Crippen molar-refractivity contribution < 1.29 is 14.3 Å². The Morgan fingerprint density at radius 2 is 2.46 bits per heavy atom. The highest BCUT2D eigenvalue weighted by atomic mass is 79.9. The third-order valence-corrected chi connectivity index (χ3v) is 2.15. The zero-order chi connectivity index (χ0) is 10.0. The molecule has 1 aromatic heterocycles. The fourth-order valence-corrected chi connectivity index (χ4v) is 1.31. The lowest BCUT2D eigenvalue weighted by atomic mass is 10.2. The molecule has 0 aliphatic carbocycles. The average Bonchev–Trinajstić information content (AvgIpc) is 2.35. The Morgan fingerprint density at radius 1 is 1.85 bits per heavy atom. The summed E-state index contributed by atoms with van der Waals surface area (Å²) in [5.74, 6) is -1.48. The van der Waals surface area contributed by atoms with Gasteiger partial charge in [0.05, 0.1) is 5.69 Å². The number of carboxylic acid groups (broad SMARTS) is 1. The Balaban J connectivity index is 2.79. The molecule has 0 saturated carbocycles. The van der Waals surface area contributed by atoms with Crippen LogP contribution in [0.15, 0.2) is 4.60 Å². The number of hydrogen-bond acceptors (Lipinski definition) is 3. The molecule has 1 N–H and O–H groups in total. The second-order valence-corrected chi connectivity index (χ2v) is 3.21. The number of hydrogen-bond donors (Lipinski definition) is 1. The predicted molar refractivity (Wildman–Crippen MR) is 44.9 cm³/mol. The van der Waals surface area contributed by atoms with Gasteiger partial charge in [-0.05, 0) is 15.9 Å². The van der Waals surface area contributed by atoms with Crippen molar-refractivity contribution in [2.75, 3.05) is 0 Å². The number of carbonyl (C=O) groups is 1. The molecule has 0 saturated heterocycles. The van der Waals surface area contributed by atoms with Gasteiger partial charge in [-0.25, -0.2) is 9.18 Å². The molecule has 0 fully saturated rings. The molecular formula is C6H7BrFN3O2. The highest BCUT2D eigenvalue weighted by molar-refractivity contribution is 9.10. The Hall–Kier alpha value is -0.980. The fraction of sp³-hybridized carbons (Fsp3) is 0.500. The van der Waals surface area contributed by atoms with Crippen molar-refractivity contribution in [1.29, 1.82) is 0 Å². The van der Waals surface area contributed by atoms with Crippen molar-refractivity contribution in [2.24, 2.45) is 7.05 Å². The minimum atomic E-state index is -1.92. The van der Waals surface area contributed by atoms with E-state index < -0.39 is 12.1 Å². The monoisotopic (exact) mass is 251 g/mol. The molecule has 1 rings (SSSR count). The van der Waals surface area contributed by atoms with Gasteiger partial charge in [-0.3, -0.25) is 4.68 Å². The van der Waals surface area contributed by atoms with E-state index in [2.05, 4.69) is 26.2 Å². The van der Waals surface area contributed by atoms with Crippen molar-refractivity contribution in [1.82, 2.24) is 15.0 Å². The molecule has 0 spiro atoms. The maximum Gasteiger partial charge on any atom is 0.338 e. The van der Waals surface area contributed by atoms with E-state index in [9.17, 15) is 9.18 Å². The van der Waals surface area contributed by atoms with Gasteiger partial charge in [-0.1, -0.05) is 5.21 Å². The molecule has 72 valence electrons. The Bertz CT molecular complexity index is 308. The first-order valence-electron chi connectivity index (χ1n) is 3.43. The topological polar surface area (TPSA) is 68.0 Å². The number of halogens is 2. The van der Waals surface area contributed by atoms with Crippen molar-refractivity contribution in [3.63, 3.8) is 0 Å². The number of aliphatic carboxylic acids is 1. The highest BCUT2D eigenvalue weighted by Gasteiger charge is 2.20. The van der Waals surface area contributed by atoms with Gasteiger partial charge in [-0.2, -0.15) is 0 Å². The first-order chi connectivity index (χ1) is 6.02. The third kappa shape index (κ3) is 2.24. The van der Waals surface area contributed by atoms with Crippen LogP contribution in [0.5, 0.6) is 0 Å². The number of aryl methyl sites for hydroxylation is 1. The largest absolute Gasteiger partial charge is 0.479 e. The van der Waals surface area contributed by atoms with Crippen molar-refractivity contribution in [3.05, 3.63) is 10.3 Å². The molecule has 7 heteroatoms. The normalized spacial score (nSPS) is 12.8. The molecule has 1 atom stereocenters. The summed E-state index contributed by atoms with van der Waals surface area (Å²) in [5.41, 5.74) is 0.426. The molecule has 13 heavy (non-hydrogen) atoms. The van der Waals surface area contributed by atoms with Crippen LogP contribution in [-0.2, 0) is 18.3 Å². The quantitative estimate of drug-likeness (QED) is 0.852. The van der Waals surface area contributed by atoms with Crippen LogP contribution in [0.3, 0.4) is 0 Å². The lowest BCUT2D eigenvalue weighted by molar-refractivity contribution is -0.142. The summed E-state index contributed by atoms with van der Waals surface area (Å²) < 4.78 is 14.5. The van der Waals surface area contributed by atoms with Crippen molar-refractivity contribution >= 4 is 21.9 Å². The molecule has 1 aromatic rings. The van der Waals surface area contributed by atoms with Crippen LogP contribution in [-0.4, -0.2) is 32.2 Å². The number of rotatable bonds is 3. The SMILES string of the molecule is Cn1nnc(Br)c1CC(F)C(=O)O. The molecule has 1 heterocycles. The molecule has 0 bridgehead atoms. The molecule has 0 aromatic carbocycles. The smallest absolute Gasteiger partial charge is 0.338 e. The minimum absolute atomic E-state index is 0.237. The van der Waals surface area contributed by atoms with E-state index >= 15 is 0 Å². The molecular weight excluding hydrogens is 245 g/mol. The average molecular weight is 252 g/mol. The van der Waals surface area contributed by atoms with Gasteiger partial charge in [0.15, 0.2) is 4.60 Å². The van der Waals surface area contributed by atoms with E-state index in [1.54, 1.807) is 7.05 Å². The Labute approximate surface area is 81.7 Å². The van der Waals surface area contributed by atoms with E-state index in [0.29, 0.717) is 10.3 Å². The molecule has 0 aliphatic rings. The van der Waals surface area contributed by atoms with Crippen LogP contribution in [0.1, 0.15) is 5.69 Å². The number of alkyl halides is 1. The van der Waals surface area contributed by atoms with Gasteiger partial charge in [0.2, 0.25) is 6.17 Å². The molecule has 0 amide bonds. The van der Waals surface area contributed by atoms with Crippen LogP contribution in [0.4, 0.5) is 4.39 Å². The van der Waals surface area contributed by atoms with E-state index in [-0.39, 0.29) is 6.42 Å². The van der Waals surface area contributed by atoms with E-state index in [1.807, 2.05) is 0 Å². The highest BCUT2D eigenvalue weighted by Crippen LogP contribution is 2.14. The Morgan fingerprint density at radius 3 is 2.85 bits per heavy atom. The number of aromatic nitrogens is 3. The van der Waals surface area contributed by atoms with Gasteiger partial charge in [0.1, 0.15) is 0 Å². The lowest BCUT2D eigenvalue weighted by Crippen LogP contribution is -2.19. The molecule has 1 unspecified atom stereocenters. The zero-order valence-electron chi connectivity index (χ0n) is 6.74. The van der Waals surface area contributed by atoms with E-state index in [0.717, 1.165) is 0 Å². The summed E-state index contributed by atoms with van der Waals surface area (Å²) in [6.45, 7) is 0. The van der Waals surface area contributed by atoms with E-state index in [4.69, 9.17) is 5.11 Å². The minimum Gasteiger partial charge on any atom is -0.479 e. The van der Waals surface area contributed by atoms with Crippen LogP contribution in [0.2, 0.25) is 0 Å². The van der Waals surface area contributed by atoms with Gasteiger partial charge in [0, 0.05) is 13.5 Å². The molecule has 5 nitrogen and oxygen atoms in total. The van der Waals surface area contributed by atoms with Gasteiger partial charge in [0.25, 0.3) is 0 Å². The standard InChI is InChI=1S/C6H7BrFN3O2/c1-11-4(5(7)9-10-11)2-3(8)6(12)13/h3H,2H2,1H3,(H,12,13). The summed E-state index contributed by atoms with van der Waals surface area (Å²) in [4.78, 5) is 10.2. The first-order valence-corrected chi connectivity index (χ1v) is 4.22. The maximum absolute atomic E-state index is 12.8. The molecule has 0 radical (unpaired) electrons. The summed E-state index contributed by atoms with van der Waals surface area (Å²) in [7, 11) is 1.57. The summed E-state index contributed by atoms with van der Waals surface area (Å²) in [5, 5.41) is 15.5. The van der Waals surface area contributed by atoms with Crippen LogP contribution < -0.4 is 0 Å². The zero-order valence-corrected chi connectivity index (χ0v) is 8.32. The van der Waals surface area contributed by atoms with E-state index in [1.165, 1.54) is 4.68 Å². The third-order valence-electron chi connectivity index (χ3n) is 1.54. The summed E-state index contributed by atoms with van der Waals surface area (Å²) >= 11 is 3.04. The van der Waals surface area contributed by atoms with Crippen LogP contribution >= 0.6 is 15.9 Å². The molecule has 0 aliphatic heterocycles. The predicted octanol–water partition coefficient (Wildman–Crippen LogP) is 0.543. The maximum atomic E-state index is 12.8. The second kappa shape index (κ2) is 3.82. The fourth-order valence-electron chi connectivity index (χ4n) is 0.825. The second-order valence-electron chi connectivity index (χ2n) is 2.46. The summed E-state index contributed by atoms with van der Waals surface area (Å²) in [6, 6.07) is 0. The van der Waals surface area contributed by atoms with Gasteiger partial charge in [-0.15, -0.1) is 5.10 Å². The van der Waals surface area contributed by atoms with Crippen molar-refractivity contribution in [2.45, 2.75) is 12.6 Å².